The van der Waals surface area contributed by atoms with Crippen molar-refractivity contribution in [3.8, 4) is 0 Å². The lowest BCUT2D eigenvalue weighted by Gasteiger charge is -2.01. The van der Waals surface area contributed by atoms with Crippen molar-refractivity contribution in [2.45, 2.75) is 13.8 Å². The average Bonchev–Trinajstić information content (AvgIpc) is 1.96. The van der Waals surface area contributed by atoms with E-state index in [9.17, 15) is 0 Å². The Morgan fingerprint density at radius 3 is 2.17 bits per heavy atom. The molecule has 12 heavy (non-hydrogen) atoms. The molecule has 1 radical (unpaired) electrons. The fourth-order valence-corrected chi connectivity index (χ4v) is 1.59. The fourth-order valence-electron chi connectivity index (χ4n) is 0.911. The monoisotopic (exact) mass is 200 g/mol. The zero-order valence-corrected chi connectivity index (χ0v) is 8.37. The van der Waals surface area contributed by atoms with Gasteiger partial charge in [0.15, 0.2) is 0 Å². The van der Waals surface area contributed by atoms with Crippen molar-refractivity contribution in [1.82, 2.24) is 0 Å². The van der Waals surface area contributed by atoms with Gasteiger partial charge in [0.05, 0.1) is 16.3 Å². The average molecular weight is 201 g/mol. The lowest BCUT2D eigenvalue weighted by atomic mass is 10.2. The number of hydrogen-bond donors (Lipinski definition) is 0. The number of benzene rings is 1. The molecule has 0 aromatic heterocycles. The van der Waals surface area contributed by atoms with Crippen LogP contribution in [0.2, 0.25) is 10.0 Å². The van der Waals surface area contributed by atoms with Gasteiger partial charge in [-0.1, -0.05) is 23.2 Å². The van der Waals surface area contributed by atoms with E-state index in [2.05, 4.69) is 11.2 Å². The third kappa shape index (κ3) is 1.99. The highest BCUT2D eigenvalue weighted by atomic mass is 35.5. The molecule has 0 unspecified atom stereocenters. The standard InChI is InChI=1S/C9H8Cl2N/c1-3-12-9-7(10)4-6(2)5-8(9)11/h4-5H,1-2H3. The summed E-state index contributed by atoms with van der Waals surface area (Å²) in [5, 5.41) is 1.13. The molecule has 0 fully saturated rings. The van der Waals surface area contributed by atoms with E-state index in [0.29, 0.717) is 15.7 Å². The number of aliphatic imine (C=N–C) groups is 1. The van der Waals surface area contributed by atoms with Crippen LogP contribution in [0.15, 0.2) is 17.1 Å². The van der Waals surface area contributed by atoms with Gasteiger partial charge in [-0.2, -0.15) is 0 Å². The first kappa shape index (κ1) is 9.56. The summed E-state index contributed by atoms with van der Waals surface area (Å²) in [6.45, 7) is 3.63. The van der Waals surface area contributed by atoms with E-state index >= 15 is 0 Å². The smallest absolute Gasteiger partial charge is 0.101 e. The van der Waals surface area contributed by atoms with Crippen molar-refractivity contribution in [3.05, 3.63) is 27.7 Å². The van der Waals surface area contributed by atoms with Gasteiger partial charge in [-0.25, -0.2) is 4.99 Å². The van der Waals surface area contributed by atoms with Crippen molar-refractivity contribution in [1.29, 1.82) is 0 Å². The zero-order chi connectivity index (χ0) is 9.14. The summed E-state index contributed by atoms with van der Waals surface area (Å²) in [6, 6.07) is 3.65. The fraction of sp³-hybridized carbons (Fsp3) is 0.222. The van der Waals surface area contributed by atoms with E-state index in [4.69, 9.17) is 23.2 Å². The largest absolute Gasteiger partial charge is 0.249 e. The zero-order valence-electron chi connectivity index (χ0n) is 6.86. The molecule has 1 aromatic rings. The van der Waals surface area contributed by atoms with Gasteiger partial charge in [0.25, 0.3) is 0 Å². The highest BCUT2D eigenvalue weighted by Gasteiger charge is 2.03. The summed E-state index contributed by atoms with van der Waals surface area (Å²) in [6.07, 6.45) is 2.64. The van der Waals surface area contributed by atoms with Crippen LogP contribution in [0.1, 0.15) is 12.5 Å². The lowest BCUT2D eigenvalue weighted by Crippen LogP contribution is -1.76. The molecule has 3 heteroatoms. The van der Waals surface area contributed by atoms with Crippen LogP contribution >= 0.6 is 23.2 Å². The first-order valence-electron chi connectivity index (χ1n) is 3.48. The Morgan fingerprint density at radius 2 is 1.75 bits per heavy atom. The minimum Gasteiger partial charge on any atom is -0.249 e. The molecule has 0 amide bonds. The Balaban J connectivity index is 3.28. The molecule has 1 rings (SSSR count). The second-order valence-corrected chi connectivity index (χ2v) is 3.23. The van der Waals surface area contributed by atoms with Gasteiger partial charge < -0.3 is 0 Å². The van der Waals surface area contributed by atoms with Crippen molar-refractivity contribution in [2.75, 3.05) is 0 Å². The summed E-state index contributed by atoms with van der Waals surface area (Å²) in [5.41, 5.74) is 1.62. The van der Waals surface area contributed by atoms with Gasteiger partial charge >= 0.3 is 0 Å². The van der Waals surface area contributed by atoms with E-state index in [1.54, 1.807) is 6.92 Å². The highest BCUT2D eigenvalue weighted by Crippen LogP contribution is 2.33. The minimum absolute atomic E-state index is 0.564. The molecule has 0 aliphatic heterocycles. The predicted molar refractivity (Wildman–Crippen MR) is 54.0 cm³/mol. The molecule has 0 atom stereocenters. The van der Waals surface area contributed by atoms with Crippen LogP contribution in [0.25, 0.3) is 0 Å². The molecular weight excluding hydrogens is 193 g/mol. The maximum Gasteiger partial charge on any atom is 0.101 e. The molecule has 1 nitrogen and oxygen atoms in total. The first-order valence-corrected chi connectivity index (χ1v) is 4.24. The molecule has 63 valence electrons. The van der Waals surface area contributed by atoms with Crippen molar-refractivity contribution >= 4 is 35.1 Å². The molecular formula is C9H8Cl2N. The minimum atomic E-state index is 0.564. The number of rotatable bonds is 1. The molecule has 0 spiro atoms. The number of hydrogen-bond acceptors (Lipinski definition) is 1. The molecule has 0 N–H and O–H groups in total. The van der Waals surface area contributed by atoms with E-state index in [1.165, 1.54) is 0 Å². The van der Waals surface area contributed by atoms with Crippen molar-refractivity contribution < 1.29 is 0 Å². The Hall–Kier alpha value is -0.530. The number of halogens is 2. The maximum atomic E-state index is 5.90. The van der Waals surface area contributed by atoms with E-state index in [0.717, 1.165) is 5.56 Å². The molecule has 0 saturated heterocycles. The number of aryl methyl sites for hydroxylation is 1. The van der Waals surface area contributed by atoms with Crippen LogP contribution in [-0.2, 0) is 0 Å². The van der Waals surface area contributed by atoms with Gasteiger partial charge in [0.1, 0.15) is 5.69 Å². The normalized spacial score (nSPS) is 11.0. The van der Waals surface area contributed by atoms with Crippen molar-refractivity contribution in [2.24, 2.45) is 4.99 Å². The second kappa shape index (κ2) is 3.92. The van der Waals surface area contributed by atoms with Gasteiger partial charge in [-0.3, -0.25) is 0 Å². The molecule has 0 bridgehead atoms. The molecule has 0 aliphatic carbocycles. The molecule has 0 aliphatic rings. The lowest BCUT2D eigenvalue weighted by molar-refractivity contribution is 1.44. The van der Waals surface area contributed by atoms with Gasteiger partial charge in [-0.15, -0.1) is 0 Å². The number of nitrogens with zero attached hydrogens (tertiary/aromatic N) is 1. The summed E-state index contributed by atoms with van der Waals surface area (Å²) < 4.78 is 0. The van der Waals surface area contributed by atoms with Crippen LogP contribution in [0.4, 0.5) is 5.69 Å². The molecule has 0 saturated carbocycles. The highest BCUT2D eigenvalue weighted by molar-refractivity contribution is 6.38. The summed E-state index contributed by atoms with van der Waals surface area (Å²) in [7, 11) is 0. The third-order valence-electron chi connectivity index (χ3n) is 1.38. The summed E-state index contributed by atoms with van der Waals surface area (Å²) in [5.74, 6) is 0. The Labute approximate surface area is 82.0 Å². The van der Waals surface area contributed by atoms with Gasteiger partial charge in [0.2, 0.25) is 0 Å². The maximum absolute atomic E-state index is 5.90. The summed E-state index contributed by atoms with van der Waals surface area (Å²) >= 11 is 11.8. The van der Waals surface area contributed by atoms with E-state index in [1.807, 2.05) is 19.1 Å². The predicted octanol–water partition coefficient (Wildman–Crippen LogP) is 3.90. The SMILES string of the molecule is C[C]=Nc1c(Cl)cc(C)cc1Cl. The Bertz CT molecular complexity index is 295. The summed E-state index contributed by atoms with van der Waals surface area (Å²) in [4.78, 5) is 3.93. The second-order valence-electron chi connectivity index (χ2n) is 2.41. The van der Waals surface area contributed by atoms with Gasteiger partial charge in [-0.05, 0) is 31.5 Å². The van der Waals surface area contributed by atoms with Gasteiger partial charge in [0, 0.05) is 0 Å². The molecule has 0 heterocycles. The Morgan fingerprint density at radius 1 is 1.25 bits per heavy atom. The first-order chi connectivity index (χ1) is 5.65. The molecule has 1 aromatic carbocycles. The van der Waals surface area contributed by atoms with Crippen LogP contribution in [0.5, 0.6) is 0 Å². The van der Waals surface area contributed by atoms with Crippen LogP contribution in [0, 0.1) is 6.92 Å². The van der Waals surface area contributed by atoms with E-state index in [-0.39, 0.29) is 0 Å². The topological polar surface area (TPSA) is 12.4 Å². The Kier molecular flexibility index (Phi) is 3.12. The van der Waals surface area contributed by atoms with Crippen LogP contribution < -0.4 is 0 Å². The van der Waals surface area contributed by atoms with Crippen LogP contribution in [-0.4, -0.2) is 6.21 Å². The van der Waals surface area contributed by atoms with Crippen LogP contribution in [0.3, 0.4) is 0 Å². The van der Waals surface area contributed by atoms with Crippen molar-refractivity contribution in [3.63, 3.8) is 0 Å². The quantitative estimate of drug-likeness (QED) is 0.611. The third-order valence-corrected chi connectivity index (χ3v) is 1.96. The van der Waals surface area contributed by atoms with E-state index < -0.39 is 0 Å².